The number of benzene rings is 3. The van der Waals surface area contributed by atoms with E-state index in [1.165, 1.54) is 4.31 Å². The fourth-order valence-electron chi connectivity index (χ4n) is 3.96. The van der Waals surface area contributed by atoms with E-state index < -0.39 is 10.0 Å². The van der Waals surface area contributed by atoms with E-state index in [-0.39, 0.29) is 23.9 Å². The van der Waals surface area contributed by atoms with Crippen LogP contribution in [0.3, 0.4) is 0 Å². The van der Waals surface area contributed by atoms with Gasteiger partial charge in [-0.3, -0.25) is 4.79 Å². The van der Waals surface area contributed by atoms with Crippen molar-refractivity contribution in [2.75, 3.05) is 19.6 Å². The number of halogens is 1. The first-order valence-electron chi connectivity index (χ1n) is 10.7. The number of rotatable bonds is 5. The average molecular weight is 497 g/mol. The van der Waals surface area contributed by atoms with Crippen LogP contribution in [-0.4, -0.2) is 53.3 Å². The van der Waals surface area contributed by atoms with Gasteiger partial charge in [-0.1, -0.05) is 53.2 Å². The molecule has 0 radical (unpaired) electrons. The highest BCUT2D eigenvalue weighted by atomic mass is 35.5. The van der Waals surface area contributed by atoms with Gasteiger partial charge in [-0.25, -0.2) is 8.42 Å². The lowest BCUT2D eigenvalue weighted by molar-refractivity contribution is -0.134. The average Bonchev–Trinajstić information content (AvgIpc) is 3.26. The molecule has 1 aromatic heterocycles. The molecule has 8 nitrogen and oxygen atoms in total. The summed E-state index contributed by atoms with van der Waals surface area (Å²) in [6.07, 6.45) is 0. The first-order valence-corrected chi connectivity index (χ1v) is 12.5. The van der Waals surface area contributed by atoms with Gasteiger partial charge >= 0.3 is 0 Å². The smallest absolute Gasteiger partial charge is 0.243 e. The summed E-state index contributed by atoms with van der Waals surface area (Å²) in [5.41, 5.74) is 1.75. The summed E-state index contributed by atoms with van der Waals surface area (Å²) < 4.78 is 32.6. The Balaban J connectivity index is 1.27. The minimum atomic E-state index is -3.80. The summed E-state index contributed by atoms with van der Waals surface area (Å²) in [7, 11) is -3.80. The zero-order chi connectivity index (χ0) is 23.9. The summed E-state index contributed by atoms with van der Waals surface area (Å²) in [5.74, 6) is 0.765. The van der Waals surface area contributed by atoms with Gasteiger partial charge in [0.15, 0.2) is 0 Å². The summed E-state index contributed by atoms with van der Waals surface area (Å²) in [6, 6.07) is 17.7. The molecule has 1 amide bonds. The fraction of sp³-hybridized carbons (Fsp3) is 0.208. The van der Waals surface area contributed by atoms with Crippen LogP contribution in [0.1, 0.15) is 11.5 Å². The van der Waals surface area contributed by atoms with Crippen molar-refractivity contribution in [3.05, 3.63) is 77.1 Å². The van der Waals surface area contributed by atoms with Crippen molar-refractivity contribution in [1.82, 2.24) is 19.3 Å². The molecular formula is C24H21ClN4O4S. The zero-order valence-corrected chi connectivity index (χ0v) is 19.9. The van der Waals surface area contributed by atoms with Crippen molar-refractivity contribution >= 4 is 38.3 Å². The second kappa shape index (κ2) is 8.83. The van der Waals surface area contributed by atoms with E-state index in [0.29, 0.717) is 29.8 Å². The van der Waals surface area contributed by atoms with Gasteiger partial charge in [-0.05, 0) is 40.6 Å². The number of amides is 1. The minimum absolute atomic E-state index is 0.163. The maximum absolute atomic E-state index is 13.2. The lowest BCUT2D eigenvalue weighted by Gasteiger charge is -2.33. The Kier molecular flexibility index (Phi) is 5.85. The van der Waals surface area contributed by atoms with Gasteiger partial charge in [-0.15, -0.1) is 0 Å². The fourth-order valence-corrected chi connectivity index (χ4v) is 5.56. The highest BCUT2D eigenvalue weighted by molar-refractivity contribution is 7.89. The molecular weight excluding hydrogens is 476 g/mol. The molecule has 1 fully saturated rings. The second-order valence-corrected chi connectivity index (χ2v) is 10.5. The van der Waals surface area contributed by atoms with Crippen LogP contribution in [0.5, 0.6) is 0 Å². The molecule has 1 aliphatic rings. The first-order chi connectivity index (χ1) is 16.3. The highest BCUT2D eigenvalue weighted by Gasteiger charge is 2.33. The van der Waals surface area contributed by atoms with E-state index in [4.69, 9.17) is 16.1 Å². The minimum Gasteiger partial charge on any atom is -0.339 e. The number of carbonyl (C=O) groups excluding carboxylic acids is 1. The van der Waals surface area contributed by atoms with E-state index in [1.807, 2.05) is 24.3 Å². The molecule has 5 rings (SSSR count). The van der Waals surface area contributed by atoms with Gasteiger partial charge in [0.1, 0.15) is 0 Å². The lowest BCUT2D eigenvalue weighted by Crippen LogP contribution is -2.51. The standard InChI is InChI=1S/C24H21ClN4O4S/c1-16-26-24(27-33-16)18-4-2-17(3-5-18)14-28-10-11-29(15-23(28)30)34(31,32)22-9-7-19-12-21(25)8-6-20(19)13-22/h2-9,12-13H,10-11,14-15H2,1H3. The van der Waals surface area contributed by atoms with Crippen LogP contribution in [0.2, 0.25) is 5.02 Å². The third kappa shape index (κ3) is 4.42. The van der Waals surface area contributed by atoms with Crippen molar-refractivity contribution in [2.24, 2.45) is 0 Å². The van der Waals surface area contributed by atoms with E-state index in [0.717, 1.165) is 21.9 Å². The second-order valence-electron chi connectivity index (χ2n) is 8.14. The van der Waals surface area contributed by atoms with Gasteiger partial charge in [0.2, 0.25) is 27.6 Å². The summed E-state index contributed by atoms with van der Waals surface area (Å²) in [5, 5.41) is 6.12. The number of carbonyl (C=O) groups is 1. The molecule has 0 N–H and O–H groups in total. The van der Waals surface area contributed by atoms with Crippen LogP contribution >= 0.6 is 11.6 Å². The van der Waals surface area contributed by atoms with Crippen LogP contribution in [0, 0.1) is 6.92 Å². The normalized spacial score (nSPS) is 15.2. The van der Waals surface area contributed by atoms with Crippen molar-refractivity contribution < 1.29 is 17.7 Å². The lowest BCUT2D eigenvalue weighted by atomic mass is 10.1. The van der Waals surface area contributed by atoms with Gasteiger partial charge < -0.3 is 9.42 Å². The Morgan fingerprint density at radius 3 is 2.44 bits per heavy atom. The predicted octanol–water partition coefficient (Wildman–Crippen LogP) is 3.88. The van der Waals surface area contributed by atoms with Crippen molar-refractivity contribution in [1.29, 1.82) is 0 Å². The van der Waals surface area contributed by atoms with Gasteiger partial charge in [0.25, 0.3) is 0 Å². The SMILES string of the molecule is Cc1nc(-c2ccc(CN3CCN(S(=O)(=O)c4ccc5cc(Cl)ccc5c4)CC3=O)cc2)no1. The summed E-state index contributed by atoms with van der Waals surface area (Å²) >= 11 is 6.02. The third-order valence-electron chi connectivity index (χ3n) is 5.81. The molecule has 1 aliphatic heterocycles. The molecule has 3 aromatic carbocycles. The Hall–Kier alpha value is -3.27. The number of piperazine rings is 1. The predicted molar refractivity (Wildman–Crippen MR) is 128 cm³/mol. The Labute approximate surface area is 201 Å². The summed E-state index contributed by atoms with van der Waals surface area (Å²) in [4.78, 5) is 18.8. The Morgan fingerprint density at radius 1 is 1.00 bits per heavy atom. The molecule has 10 heteroatoms. The van der Waals surface area contributed by atoms with E-state index >= 15 is 0 Å². The van der Waals surface area contributed by atoms with E-state index in [1.54, 1.807) is 48.2 Å². The number of aromatic nitrogens is 2. The molecule has 1 saturated heterocycles. The monoisotopic (exact) mass is 496 g/mol. The van der Waals surface area contributed by atoms with E-state index in [9.17, 15) is 13.2 Å². The maximum Gasteiger partial charge on any atom is 0.243 e. The number of nitrogens with zero attached hydrogens (tertiary/aromatic N) is 4. The molecule has 0 spiro atoms. The highest BCUT2D eigenvalue weighted by Crippen LogP contribution is 2.26. The third-order valence-corrected chi connectivity index (χ3v) is 7.88. The Morgan fingerprint density at radius 2 is 1.74 bits per heavy atom. The van der Waals surface area contributed by atoms with Crippen LogP contribution in [0.15, 0.2) is 70.1 Å². The molecule has 0 aliphatic carbocycles. The zero-order valence-electron chi connectivity index (χ0n) is 18.3. The quantitative estimate of drug-likeness (QED) is 0.416. The molecule has 0 bridgehead atoms. The molecule has 34 heavy (non-hydrogen) atoms. The van der Waals surface area contributed by atoms with Crippen molar-refractivity contribution in [3.63, 3.8) is 0 Å². The van der Waals surface area contributed by atoms with Gasteiger partial charge in [0, 0.05) is 37.1 Å². The van der Waals surface area contributed by atoms with Crippen LogP contribution < -0.4 is 0 Å². The number of aryl methyl sites for hydroxylation is 1. The van der Waals surface area contributed by atoms with Gasteiger partial charge in [0.05, 0.1) is 11.4 Å². The van der Waals surface area contributed by atoms with Gasteiger partial charge in [-0.2, -0.15) is 9.29 Å². The molecule has 4 aromatic rings. The molecule has 0 unspecified atom stereocenters. The topological polar surface area (TPSA) is 96.6 Å². The number of hydrogen-bond donors (Lipinski definition) is 0. The van der Waals surface area contributed by atoms with E-state index in [2.05, 4.69) is 10.1 Å². The van der Waals surface area contributed by atoms with Crippen LogP contribution in [0.25, 0.3) is 22.2 Å². The number of fused-ring (bicyclic) bond motifs is 1. The maximum atomic E-state index is 13.2. The van der Waals surface area contributed by atoms with Crippen molar-refractivity contribution in [2.45, 2.75) is 18.4 Å². The number of hydrogen-bond acceptors (Lipinski definition) is 6. The Bertz CT molecular complexity index is 1480. The molecule has 174 valence electrons. The molecule has 0 saturated carbocycles. The number of sulfonamides is 1. The largest absolute Gasteiger partial charge is 0.339 e. The van der Waals surface area contributed by atoms with Crippen LogP contribution in [-0.2, 0) is 21.4 Å². The van der Waals surface area contributed by atoms with Crippen LogP contribution in [0.4, 0.5) is 0 Å². The molecule has 0 atom stereocenters. The first kappa shape index (κ1) is 22.5. The van der Waals surface area contributed by atoms with Crippen molar-refractivity contribution in [3.8, 4) is 11.4 Å². The summed E-state index contributed by atoms with van der Waals surface area (Å²) in [6.45, 7) is 2.47. The molecule has 2 heterocycles.